The Balaban J connectivity index is 0.000000186. The summed E-state index contributed by atoms with van der Waals surface area (Å²) < 4.78 is 38.9. The fraction of sp³-hybridized carbons (Fsp3) is 0.333. The van der Waals surface area contributed by atoms with Gasteiger partial charge < -0.3 is 38.3 Å². The number of fused-ring (bicyclic) bond motifs is 2. The third kappa shape index (κ3) is 17.9. The summed E-state index contributed by atoms with van der Waals surface area (Å²) in [6.45, 7) is 1.84. The van der Waals surface area contributed by atoms with Gasteiger partial charge in [-0.2, -0.15) is 0 Å². The average Bonchev–Trinajstić information content (AvgIpc) is 3.63. The van der Waals surface area contributed by atoms with Crippen LogP contribution in [0.25, 0.3) is 0 Å². The highest BCUT2D eigenvalue weighted by Gasteiger charge is 2.34. The van der Waals surface area contributed by atoms with Crippen molar-refractivity contribution in [3.8, 4) is 23.0 Å². The molecule has 0 heterocycles. The van der Waals surface area contributed by atoms with Crippen LogP contribution in [0.15, 0.2) is 206 Å². The summed E-state index contributed by atoms with van der Waals surface area (Å²) in [5.41, 5.74) is 13.2. The van der Waals surface area contributed by atoms with E-state index in [1.165, 1.54) is 62.1 Å². The molecule has 4 atom stereocenters. The van der Waals surface area contributed by atoms with Crippen molar-refractivity contribution in [3.63, 3.8) is 0 Å². The second kappa shape index (κ2) is 32.7. The van der Waals surface area contributed by atoms with E-state index in [0.29, 0.717) is 37.4 Å². The number of unbranched alkanes of at least 4 members (excludes halogenated alkanes) is 2. The van der Waals surface area contributed by atoms with Gasteiger partial charge in [0.1, 0.15) is 36.2 Å². The summed E-state index contributed by atoms with van der Waals surface area (Å²) in [5.74, 6) is 4.45. The third-order valence-electron chi connectivity index (χ3n) is 15.6. The predicted octanol–water partition coefficient (Wildman–Crippen LogP) is 17.3. The molecule has 0 amide bonds. The number of rotatable bonds is 24. The zero-order valence-electron chi connectivity index (χ0n) is 47.7. The minimum atomic E-state index is -0.137. The lowest BCUT2D eigenvalue weighted by molar-refractivity contribution is -0.107. The highest BCUT2D eigenvalue weighted by Crippen LogP contribution is 2.49. The summed E-state index contributed by atoms with van der Waals surface area (Å²) in [6, 6.07) is 72.0. The van der Waals surface area contributed by atoms with Crippen LogP contribution in [0.4, 0.5) is 0 Å². The largest absolute Gasteiger partial charge is 0.508 e. The van der Waals surface area contributed by atoms with Crippen molar-refractivity contribution in [2.75, 3.05) is 40.4 Å². The molecule has 8 nitrogen and oxygen atoms in total. The van der Waals surface area contributed by atoms with Gasteiger partial charge in [0.25, 0.3) is 0 Å². The Morgan fingerprint density at radius 2 is 0.815 bits per heavy atom. The summed E-state index contributed by atoms with van der Waals surface area (Å²) in [5, 5.41) is 10.9. The number of methoxy groups -OCH3 is 4. The number of aromatic hydroxyl groups is 1. The van der Waals surface area contributed by atoms with Gasteiger partial charge in [0.05, 0.1) is 6.61 Å². The Bertz CT molecular complexity index is 3010. The van der Waals surface area contributed by atoms with Crippen molar-refractivity contribution < 1.29 is 38.3 Å². The maximum atomic E-state index is 9.81. The topological polar surface area (TPSA) is 84.8 Å². The standard InChI is InChI=1S/C36H40O4.C29H26O2.C7H15BrO2/c1-37-35(38-2)15-9-10-24-39-31-19-16-29(17-20-31)36-33(28-13-7-4-8-14-28)22-18-30-25-32(21-23-34(30)36)40-26-27-11-5-3-6-12-27;30-25-14-11-23(12-15-25)29-27(22-9-5-2-6-10-22)17-13-24-19-26(16-18-28(24)29)31-20-21-7-3-1-4-8-21;1-9-7(10-2)5-3-4-6-8/h3-8,11-14,16-17,19-21,23,25,33,35-36H,9-10,15,18,22,24,26H2,1-2H3;1-12,14-16,18-19,27,29-30H,13,17,20H2;7H,3-6H2,1-2H3/t33-,36+;27-,29+;/m11./s1. The van der Waals surface area contributed by atoms with E-state index in [0.717, 1.165) is 80.4 Å². The van der Waals surface area contributed by atoms with E-state index in [4.69, 9.17) is 33.2 Å². The monoisotopic (exact) mass is 1150 g/mol. The molecule has 8 aromatic carbocycles. The SMILES string of the molecule is COC(CCCCBr)OC.COC(CCCCOc1ccc([C@@H]2c3ccc(OCc4ccccc4)cc3CC[C@@H]2c2ccccc2)cc1)OC.Oc1ccc([C@@H]2c3ccc(OCc4ccccc4)cc3CC[C@@H]2c2ccccc2)cc1. The van der Waals surface area contributed by atoms with E-state index < -0.39 is 0 Å². The number of benzene rings is 8. The van der Waals surface area contributed by atoms with Gasteiger partial charge >= 0.3 is 0 Å². The highest BCUT2D eigenvalue weighted by molar-refractivity contribution is 9.09. The second-order valence-corrected chi connectivity index (χ2v) is 21.6. The van der Waals surface area contributed by atoms with Gasteiger partial charge in [0.15, 0.2) is 12.6 Å². The Kier molecular flexibility index (Phi) is 24.3. The molecule has 424 valence electrons. The van der Waals surface area contributed by atoms with E-state index in [1.807, 2.05) is 24.3 Å². The minimum Gasteiger partial charge on any atom is -0.508 e. The van der Waals surface area contributed by atoms with Gasteiger partial charge in [0.2, 0.25) is 0 Å². The summed E-state index contributed by atoms with van der Waals surface area (Å²) in [4.78, 5) is 0. The Hall–Kier alpha value is -6.72. The first-order valence-electron chi connectivity index (χ1n) is 28.8. The molecule has 1 N–H and O–H groups in total. The number of phenols is 1. The first-order valence-corrected chi connectivity index (χ1v) is 29.9. The molecule has 0 saturated carbocycles. The van der Waals surface area contributed by atoms with Crippen molar-refractivity contribution in [3.05, 3.63) is 262 Å². The molecule has 0 radical (unpaired) electrons. The first kappa shape index (κ1) is 60.4. The van der Waals surface area contributed by atoms with Crippen LogP contribution >= 0.6 is 15.9 Å². The fourth-order valence-corrected chi connectivity index (χ4v) is 11.7. The molecule has 0 saturated heterocycles. The van der Waals surface area contributed by atoms with Crippen LogP contribution in [-0.2, 0) is 45.0 Å². The Morgan fingerprint density at radius 3 is 1.23 bits per heavy atom. The van der Waals surface area contributed by atoms with Gasteiger partial charge in [-0.1, -0.05) is 174 Å². The maximum Gasteiger partial charge on any atom is 0.156 e. The first-order chi connectivity index (χ1) is 39.9. The summed E-state index contributed by atoms with van der Waals surface area (Å²) >= 11 is 3.36. The van der Waals surface area contributed by atoms with E-state index in [-0.39, 0.29) is 24.4 Å². The van der Waals surface area contributed by atoms with Crippen LogP contribution < -0.4 is 14.2 Å². The van der Waals surface area contributed by atoms with Crippen molar-refractivity contribution >= 4 is 15.9 Å². The van der Waals surface area contributed by atoms with Gasteiger partial charge in [-0.25, -0.2) is 0 Å². The lowest BCUT2D eigenvalue weighted by Crippen LogP contribution is -2.20. The van der Waals surface area contributed by atoms with Gasteiger partial charge in [-0.3, -0.25) is 0 Å². The molecule has 0 aromatic heterocycles. The number of phenolic OH excluding ortho intramolecular Hbond substituents is 1. The highest BCUT2D eigenvalue weighted by atomic mass is 79.9. The molecule has 0 aliphatic heterocycles. The van der Waals surface area contributed by atoms with Crippen LogP contribution in [0.1, 0.15) is 131 Å². The lowest BCUT2D eigenvalue weighted by atomic mass is 9.69. The lowest BCUT2D eigenvalue weighted by Gasteiger charge is -2.35. The van der Waals surface area contributed by atoms with Crippen LogP contribution in [0.2, 0.25) is 0 Å². The molecule has 8 aromatic rings. The van der Waals surface area contributed by atoms with E-state index in [1.54, 1.807) is 40.6 Å². The smallest absolute Gasteiger partial charge is 0.156 e. The number of hydrogen-bond acceptors (Lipinski definition) is 8. The molecule has 0 fully saturated rings. The van der Waals surface area contributed by atoms with Gasteiger partial charge in [-0.15, -0.1) is 0 Å². The molecule has 81 heavy (non-hydrogen) atoms. The van der Waals surface area contributed by atoms with E-state index in [9.17, 15) is 5.11 Å². The average molecular weight is 1150 g/mol. The molecule has 0 spiro atoms. The van der Waals surface area contributed by atoms with E-state index in [2.05, 4.69) is 186 Å². The summed E-state index contributed by atoms with van der Waals surface area (Å²) in [6.07, 6.45) is 10.3. The number of ether oxygens (including phenoxy) is 7. The van der Waals surface area contributed by atoms with Crippen molar-refractivity contribution in [2.24, 2.45) is 0 Å². The quantitative estimate of drug-likeness (QED) is 0.0364. The number of alkyl halides is 1. The number of halogens is 1. The normalized spacial score (nSPS) is 16.2. The summed E-state index contributed by atoms with van der Waals surface area (Å²) in [7, 11) is 6.70. The van der Waals surface area contributed by atoms with Crippen LogP contribution in [0.3, 0.4) is 0 Å². The predicted molar refractivity (Wildman–Crippen MR) is 330 cm³/mol. The zero-order chi connectivity index (χ0) is 56.4. The molecular weight excluding hydrogens is 1070 g/mol. The molecular formula is C72H81BrO8. The molecule has 9 heteroatoms. The van der Waals surface area contributed by atoms with Crippen molar-refractivity contribution in [1.29, 1.82) is 0 Å². The van der Waals surface area contributed by atoms with Gasteiger partial charge in [-0.05, 0) is 180 Å². The Morgan fingerprint density at radius 1 is 0.420 bits per heavy atom. The van der Waals surface area contributed by atoms with E-state index >= 15 is 0 Å². The van der Waals surface area contributed by atoms with Gasteiger partial charge in [0, 0.05) is 45.6 Å². The molecule has 0 bridgehead atoms. The van der Waals surface area contributed by atoms with Crippen LogP contribution in [0.5, 0.6) is 23.0 Å². The molecule has 2 aliphatic rings. The fourth-order valence-electron chi connectivity index (χ4n) is 11.3. The molecule has 0 unspecified atom stereocenters. The zero-order valence-corrected chi connectivity index (χ0v) is 49.3. The van der Waals surface area contributed by atoms with Crippen molar-refractivity contribution in [1.82, 2.24) is 0 Å². The molecule has 10 rings (SSSR count). The maximum absolute atomic E-state index is 9.81. The Labute approximate surface area is 490 Å². The number of aryl methyl sites for hydroxylation is 2. The van der Waals surface area contributed by atoms with Crippen LogP contribution in [-0.4, -0.2) is 58.1 Å². The van der Waals surface area contributed by atoms with Crippen LogP contribution in [0, 0.1) is 0 Å². The third-order valence-corrected chi connectivity index (χ3v) is 16.1. The van der Waals surface area contributed by atoms with Crippen molar-refractivity contribution in [2.45, 2.75) is 114 Å². The second-order valence-electron chi connectivity index (χ2n) is 20.8. The number of hydrogen-bond donors (Lipinski definition) is 1. The minimum absolute atomic E-state index is 0.0148. The molecule has 2 aliphatic carbocycles.